The van der Waals surface area contributed by atoms with E-state index in [1.165, 1.54) is 17.0 Å². The van der Waals surface area contributed by atoms with Gasteiger partial charge in [0.25, 0.3) is 0 Å². The van der Waals surface area contributed by atoms with E-state index in [4.69, 9.17) is 10.2 Å². The fraction of sp³-hybridized carbons (Fsp3) is 0.357. The van der Waals surface area contributed by atoms with Crippen molar-refractivity contribution in [2.24, 2.45) is 0 Å². The van der Waals surface area contributed by atoms with Crippen LogP contribution in [0.2, 0.25) is 0 Å². The van der Waals surface area contributed by atoms with E-state index in [1.807, 2.05) is 0 Å². The lowest BCUT2D eigenvalue weighted by Crippen LogP contribution is -2.36. The average molecular weight is 280 g/mol. The van der Waals surface area contributed by atoms with Crippen molar-refractivity contribution in [1.82, 2.24) is 9.88 Å². The molecule has 1 heterocycles. The Labute approximate surface area is 115 Å². The predicted molar refractivity (Wildman–Crippen MR) is 72.7 cm³/mol. The Morgan fingerprint density at radius 3 is 2.60 bits per heavy atom. The minimum atomic E-state index is -0.334. The van der Waals surface area contributed by atoms with Crippen LogP contribution in [0, 0.1) is 5.82 Å². The summed E-state index contributed by atoms with van der Waals surface area (Å²) in [4.78, 5) is 16.4. The van der Waals surface area contributed by atoms with E-state index in [2.05, 4.69) is 4.98 Å². The molecule has 20 heavy (non-hydrogen) atoms. The van der Waals surface area contributed by atoms with Gasteiger partial charge in [-0.25, -0.2) is 4.39 Å². The first-order valence-electron chi connectivity index (χ1n) is 6.40. The number of halogens is 1. The molecule has 0 aliphatic carbocycles. The molecular formula is C14H17FN2O3. The van der Waals surface area contributed by atoms with E-state index >= 15 is 0 Å². The van der Waals surface area contributed by atoms with Crippen LogP contribution in [0.15, 0.2) is 24.4 Å². The maximum absolute atomic E-state index is 13.1. The van der Waals surface area contributed by atoms with Crippen molar-refractivity contribution < 1.29 is 19.4 Å². The van der Waals surface area contributed by atoms with Gasteiger partial charge < -0.3 is 20.1 Å². The van der Waals surface area contributed by atoms with Crippen LogP contribution in [0.5, 0.6) is 0 Å². The zero-order valence-electron chi connectivity index (χ0n) is 11.0. The summed E-state index contributed by atoms with van der Waals surface area (Å²) >= 11 is 0. The molecule has 0 bridgehead atoms. The number of aromatic amines is 1. The third kappa shape index (κ3) is 3.15. The number of amides is 1. The highest BCUT2D eigenvalue weighted by Gasteiger charge is 2.15. The molecule has 0 aliphatic rings. The number of nitrogens with zero attached hydrogens (tertiary/aromatic N) is 1. The molecule has 2 rings (SSSR count). The van der Waals surface area contributed by atoms with Gasteiger partial charge in [-0.1, -0.05) is 0 Å². The molecule has 1 amide bonds. The van der Waals surface area contributed by atoms with Crippen molar-refractivity contribution in [2.75, 3.05) is 26.3 Å². The lowest BCUT2D eigenvalue weighted by atomic mass is 10.1. The standard InChI is InChI=1S/C14H17FN2O3/c15-11-1-2-12-10(9-16-13(12)8-11)7-14(20)17(3-5-18)4-6-19/h1-2,8-9,16,18-19H,3-7H2. The molecule has 0 saturated carbocycles. The van der Waals surface area contributed by atoms with Gasteiger partial charge in [0.15, 0.2) is 0 Å². The molecule has 0 spiro atoms. The number of H-pyrrole nitrogens is 1. The average Bonchev–Trinajstić information content (AvgIpc) is 2.80. The van der Waals surface area contributed by atoms with Crippen LogP contribution in [-0.4, -0.2) is 52.3 Å². The van der Waals surface area contributed by atoms with Gasteiger partial charge >= 0.3 is 0 Å². The van der Waals surface area contributed by atoms with Gasteiger partial charge in [-0.05, 0) is 23.8 Å². The molecule has 108 valence electrons. The number of carbonyl (C=O) groups is 1. The summed E-state index contributed by atoms with van der Waals surface area (Å²) in [6.07, 6.45) is 1.82. The molecule has 5 nitrogen and oxygen atoms in total. The number of aliphatic hydroxyl groups excluding tert-OH is 2. The Balaban J connectivity index is 2.16. The minimum Gasteiger partial charge on any atom is -0.395 e. The molecule has 0 fully saturated rings. The summed E-state index contributed by atoms with van der Waals surface area (Å²) in [6, 6.07) is 4.36. The largest absolute Gasteiger partial charge is 0.395 e. The molecule has 0 atom stereocenters. The van der Waals surface area contributed by atoms with E-state index in [9.17, 15) is 9.18 Å². The molecule has 0 unspecified atom stereocenters. The Morgan fingerprint density at radius 2 is 1.95 bits per heavy atom. The first kappa shape index (κ1) is 14.5. The van der Waals surface area contributed by atoms with Crippen molar-refractivity contribution in [3.63, 3.8) is 0 Å². The van der Waals surface area contributed by atoms with E-state index in [1.54, 1.807) is 12.3 Å². The van der Waals surface area contributed by atoms with E-state index in [-0.39, 0.29) is 44.4 Å². The summed E-state index contributed by atoms with van der Waals surface area (Å²) in [5, 5.41) is 18.6. The SMILES string of the molecule is O=C(Cc1c[nH]c2cc(F)ccc12)N(CCO)CCO. The first-order chi connectivity index (χ1) is 9.65. The zero-order chi connectivity index (χ0) is 14.5. The number of hydrogen-bond donors (Lipinski definition) is 3. The van der Waals surface area contributed by atoms with E-state index in [0.29, 0.717) is 5.52 Å². The van der Waals surface area contributed by atoms with Crippen LogP contribution in [-0.2, 0) is 11.2 Å². The molecule has 0 aliphatic heterocycles. The van der Waals surface area contributed by atoms with Crippen LogP contribution < -0.4 is 0 Å². The van der Waals surface area contributed by atoms with Crippen LogP contribution in [0.25, 0.3) is 10.9 Å². The third-order valence-corrected chi connectivity index (χ3v) is 3.16. The number of hydrogen-bond acceptors (Lipinski definition) is 3. The Hall–Kier alpha value is -1.92. The normalized spacial score (nSPS) is 10.9. The highest BCUT2D eigenvalue weighted by molar-refractivity contribution is 5.88. The van der Waals surface area contributed by atoms with Crippen LogP contribution >= 0.6 is 0 Å². The summed E-state index contributed by atoms with van der Waals surface area (Å²) in [7, 11) is 0. The minimum absolute atomic E-state index is 0.144. The fourth-order valence-electron chi connectivity index (χ4n) is 2.18. The van der Waals surface area contributed by atoms with Gasteiger partial charge in [-0.2, -0.15) is 0 Å². The summed E-state index contributed by atoms with van der Waals surface area (Å²) in [6.45, 7) is 0.0857. The topological polar surface area (TPSA) is 76.6 Å². The molecule has 6 heteroatoms. The monoisotopic (exact) mass is 280 g/mol. The summed E-state index contributed by atoms with van der Waals surface area (Å²) < 4.78 is 13.1. The number of fused-ring (bicyclic) bond motifs is 1. The van der Waals surface area contributed by atoms with Gasteiger partial charge in [0, 0.05) is 30.2 Å². The fourth-order valence-corrected chi connectivity index (χ4v) is 2.18. The molecule has 2 aromatic rings. The third-order valence-electron chi connectivity index (χ3n) is 3.16. The van der Waals surface area contributed by atoms with Crippen LogP contribution in [0.3, 0.4) is 0 Å². The van der Waals surface area contributed by atoms with Crippen molar-refractivity contribution in [3.8, 4) is 0 Å². The molecule has 1 aromatic carbocycles. The first-order valence-corrected chi connectivity index (χ1v) is 6.40. The van der Waals surface area contributed by atoms with E-state index in [0.717, 1.165) is 10.9 Å². The van der Waals surface area contributed by atoms with Crippen LogP contribution in [0.4, 0.5) is 4.39 Å². The second kappa shape index (κ2) is 6.49. The van der Waals surface area contributed by atoms with Gasteiger partial charge in [-0.3, -0.25) is 4.79 Å². The van der Waals surface area contributed by atoms with Gasteiger partial charge in [-0.15, -0.1) is 0 Å². The highest BCUT2D eigenvalue weighted by atomic mass is 19.1. The zero-order valence-corrected chi connectivity index (χ0v) is 11.0. The Kier molecular flexibility index (Phi) is 4.70. The van der Waals surface area contributed by atoms with Crippen molar-refractivity contribution in [2.45, 2.75) is 6.42 Å². The Morgan fingerprint density at radius 1 is 1.25 bits per heavy atom. The van der Waals surface area contributed by atoms with Gasteiger partial charge in [0.1, 0.15) is 5.82 Å². The van der Waals surface area contributed by atoms with Crippen molar-refractivity contribution >= 4 is 16.8 Å². The van der Waals surface area contributed by atoms with E-state index < -0.39 is 0 Å². The molecule has 0 radical (unpaired) electrons. The lowest BCUT2D eigenvalue weighted by molar-refractivity contribution is -0.131. The van der Waals surface area contributed by atoms with Gasteiger partial charge in [0.05, 0.1) is 19.6 Å². The molecule has 3 N–H and O–H groups in total. The maximum Gasteiger partial charge on any atom is 0.227 e. The number of nitrogens with one attached hydrogen (secondary N) is 1. The Bertz CT molecular complexity index is 591. The number of aliphatic hydroxyl groups is 2. The highest BCUT2D eigenvalue weighted by Crippen LogP contribution is 2.20. The van der Waals surface area contributed by atoms with Crippen LogP contribution in [0.1, 0.15) is 5.56 Å². The molecule has 1 aromatic heterocycles. The lowest BCUT2D eigenvalue weighted by Gasteiger charge is -2.20. The quantitative estimate of drug-likeness (QED) is 0.727. The predicted octanol–water partition coefficient (Wildman–Crippen LogP) is 0.663. The molecular weight excluding hydrogens is 263 g/mol. The maximum atomic E-state index is 13.1. The summed E-state index contributed by atoms with van der Waals surface area (Å²) in [5.41, 5.74) is 1.41. The number of benzene rings is 1. The smallest absolute Gasteiger partial charge is 0.227 e. The number of aromatic nitrogens is 1. The molecule has 0 saturated heterocycles. The summed E-state index contributed by atoms with van der Waals surface area (Å²) in [5.74, 6) is -0.516. The van der Waals surface area contributed by atoms with Gasteiger partial charge in [0.2, 0.25) is 5.91 Å². The second-order valence-electron chi connectivity index (χ2n) is 4.51. The second-order valence-corrected chi connectivity index (χ2v) is 4.51. The number of rotatable bonds is 6. The van der Waals surface area contributed by atoms with Crippen molar-refractivity contribution in [3.05, 3.63) is 35.8 Å². The van der Waals surface area contributed by atoms with Crippen molar-refractivity contribution in [1.29, 1.82) is 0 Å². The number of carbonyl (C=O) groups excluding carboxylic acids is 1.